The lowest BCUT2D eigenvalue weighted by atomic mass is 10.0. The monoisotopic (exact) mass is 321 g/mol. The summed E-state index contributed by atoms with van der Waals surface area (Å²) < 4.78 is 52.3. The van der Waals surface area contributed by atoms with E-state index in [9.17, 15) is 17.6 Å². The van der Waals surface area contributed by atoms with E-state index in [2.05, 4.69) is 25.7 Å². The van der Waals surface area contributed by atoms with Gasteiger partial charge in [-0.2, -0.15) is 24.9 Å². The zero-order valence-electron chi connectivity index (χ0n) is 12.3. The quantitative estimate of drug-likeness (QED) is 0.751. The van der Waals surface area contributed by atoms with E-state index in [0.717, 1.165) is 31.3 Å². The molecule has 0 aromatic heterocycles. The summed E-state index contributed by atoms with van der Waals surface area (Å²) in [6.45, 7) is 7.99. The lowest BCUT2D eigenvalue weighted by molar-refractivity contribution is -0.138. The smallest absolute Gasteiger partial charge is 0.296 e. The number of likely N-dealkylation sites (tertiary alicyclic amines) is 1. The van der Waals surface area contributed by atoms with Crippen molar-refractivity contribution in [2.45, 2.75) is 43.5 Å². The molecule has 1 heterocycles. The fourth-order valence-corrected chi connectivity index (χ4v) is 3.53. The third-order valence-corrected chi connectivity index (χ3v) is 4.91. The maximum atomic E-state index is 13.7. The second-order valence-corrected chi connectivity index (χ2v) is 7.56. The fourth-order valence-electron chi connectivity index (χ4n) is 2.26. The Kier molecular flexibility index (Phi) is 4.59. The first-order valence-corrected chi connectivity index (χ1v) is 7.85. The van der Waals surface area contributed by atoms with E-state index < -0.39 is 17.6 Å². The number of halogens is 4. The Balaban J connectivity index is 1.99. The molecule has 0 bridgehead atoms. The van der Waals surface area contributed by atoms with Crippen LogP contribution in [0, 0.1) is 5.82 Å². The summed E-state index contributed by atoms with van der Waals surface area (Å²) in [6.07, 6.45) is -4.50. The second kappa shape index (κ2) is 5.80. The van der Waals surface area contributed by atoms with Crippen molar-refractivity contribution in [1.82, 2.24) is 4.90 Å². The Morgan fingerprint density at radius 3 is 2.33 bits per heavy atom. The Labute approximate surface area is 126 Å². The minimum Gasteiger partial charge on any atom is -0.296 e. The minimum atomic E-state index is -4.50. The molecule has 1 aliphatic heterocycles. The minimum absolute atomic E-state index is 0.0597. The number of hydrogen-bond donors (Lipinski definition) is 0. The molecule has 0 atom stereocenters. The summed E-state index contributed by atoms with van der Waals surface area (Å²) in [6, 6.07) is 3.14. The van der Waals surface area contributed by atoms with Crippen molar-refractivity contribution in [3.05, 3.63) is 35.1 Å². The predicted octanol–water partition coefficient (Wildman–Crippen LogP) is 4.56. The molecule has 0 radical (unpaired) electrons. The Bertz CT molecular complexity index is 501. The average Bonchev–Trinajstić information content (AvgIpc) is 2.25. The van der Waals surface area contributed by atoms with Crippen molar-refractivity contribution in [3.8, 4) is 0 Å². The molecule has 21 heavy (non-hydrogen) atoms. The Morgan fingerprint density at radius 2 is 1.81 bits per heavy atom. The summed E-state index contributed by atoms with van der Waals surface area (Å²) in [5.74, 6) is -0.714. The van der Waals surface area contributed by atoms with Crippen LogP contribution in [0.1, 0.15) is 31.9 Å². The van der Waals surface area contributed by atoms with Crippen LogP contribution in [0.25, 0.3) is 0 Å². The van der Waals surface area contributed by atoms with Crippen molar-refractivity contribution >= 4 is 11.8 Å². The van der Waals surface area contributed by atoms with E-state index in [1.807, 2.05) is 0 Å². The summed E-state index contributed by atoms with van der Waals surface area (Å²) in [7, 11) is 0. The van der Waals surface area contributed by atoms with Crippen LogP contribution in [0.2, 0.25) is 0 Å². The lowest BCUT2D eigenvalue weighted by Gasteiger charge is -2.47. The number of benzene rings is 1. The molecule has 6 heteroatoms. The van der Waals surface area contributed by atoms with Crippen LogP contribution in [-0.4, -0.2) is 28.8 Å². The van der Waals surface area contributed by atoms with Gasteiger partial charge in [0.2, 0.25) is 0 Å². The van der Waals surface area contributed by atoms with E-state index in [-0.39, 0.29) is 22.1 Å². The Morgan fingerprint density at radius 1 is 1.19 bits per heavy atom. The van der Waals surface area contributed by atoms with Gasteiger partial charge in [0.05, 0.1) is 5.56 Å². The third-order valence-electron chi connectivity index (χ3n) is 3.68. The van der Waals surface area contributed by atoms with Gasteiger partial charge in [0, 0.05) is 35.2 Å². The first kappa shape index (κ1) is 16.6. The van der Waals surface area contributed by atoms with Gasteiger partial charge in [-0.05, 0) is 32.9 Å². The van der Waals surface area contributed by atoms with Gasteiger partial charge in [-0.15, -0.1) is 0 Å². The number of rotatable bonds is 3. The van der Waals surface area contributed by atoms with E-state index in [0.29, 0.717) is 0 Å². The molecule has 1 aromatic rings. The van der Waals surface area contributed by atoms with Gasteiger partial charge in [-0.3, -0.25) is 4.90 Å². The van der Waals surface area contributed by atoms with Gasteiger partial charge < -0.3 is 0 Å². The largest absolute Gasteiger partial charge is 0.416 e. The summed E-state index contributed by atoms with van der Waals surface area (Å²) in [4.78, 5) is 2.26. The van der Waals surface area contributed by atoms with Crippen LogP contribution in [0.15, 0.2) is 18.2 Å². The van der Waals surface area contributed by atoms with Gasteiger partial charge in [0.1, 0.15) is 5.82 Å². The third kappa shape index (κ3) is 3.92. The number of thioether (sulfide) groups is 1. The molecule has 0 aliphatic carbocycles. The average molecular weight is 321 g/mol. The number of nitrogens with zero attached hydrogens (tertiary/aromatic N) is 1. The van der Waals surface area contributed by atoms with Gasteiger partial charge in [0.25, 0.3) is 0 Å². The molecule has 1 aliphatic rings. The van der Waals surface area contributed by atoms with Crippen molar-refractivity contribution in [2.24, 2.45) is 0 Å². The van der Waals surface area contributed by atoms with Gasteiger partial charge in [-0.25, -0.2) is 4.39 Å². The van der Waals surface area contributed by atoms with Gasteiger partial charge >= 0.3 is 6.18 Å². The molecule has 0 N–H and O–H groups in total. The molecule has 0 amide bonds. The second-order valence-electron chi connectivity index (χ2n) is 6.27. The molecule has 2 rings (SSSR count). The van der Waals surface area contributed by atoms with Crippen molar-refractivity contribution in [3.63, 3.8) is 0 Å². The Hall–Kier alpha value is -0.750. The van der Waals surface area contributed by atoms with Crippen LogP contribution in [0.4, 0.5) is 17.6 Å². The standard InChI is InChI=1S/C15H19F4NS/c1-14(2,3)20-7-10(8-20)21-9-11-12(15(17,18)19)5-4-6-13(11)16/h4-6,10H,7-9H2,1-3H3. The first-order valence-electron chi connectivity index (χ1n) is 6.80. The zero-order chi connectivity index (χ0) is 15.8. The molecule has 118 valence electrons. The highest BCUT2D eigenvalue weighted by atomic mass is 32.2. The van der Waals surface area contributed by atoms with Crippen molar-refractivity contribution in [2.75, 3.05) is 13.1 Å². The summed E-state index contributed by atoms with van der Waals surface area (Å²) in [5, 5.41) is 0.268. The SMILES string of the molecule is CC(C)(C)N1CC(SCc2c(F)cccc2C(F)(F)F)C1. The van der Waals surface area contributed by atoms with E-state index in [4.69, 9.17) is 0 Å². The summed E-state index contributed by atoms with van der Waals surface area (Å²) >= 11 is 1.40. The molecular formula is C15H19F4NS. The van der Waals surface area contributed by atoms with Crippen LogP contribution < -0.4 is 0 Å². The summed E-state index contributed by atoms with van der Waals surface area (Å²) in [5.41, 5.74) is -1.02. The lowest BCUT2D eigenvalue weighted by Crippen LogP contribution is -2.57. The van der Waals surface area contributed by atoms with Crippen LogP contribution in [-0.2, 0) is 11.9 Å². The van der Waals surface area contributed by atoms with Gasteiger partial charge in [-0.1, -0.05) is 6.07 Å². The van der Waals surface area contributed by atoms with Crippen LogP contribution >= 0.6 is 11.8 Å². The fraction of sp³-hybridized carbons (Fsp3) is 0.600. The van der Waals surface area contributed by atoms with Crippen molar-refractivity contribution < 1.29 is 17.6 Å². The van der Waals surface area contributed by atoms with Crippen LogP contribution in [0.3, 0.4) is 0 Å². The van der Waals surface area contributed by atoms with E-state index in [1.54, 1.807) is 0 Å². The first-order chi connectivity index (χ1) is 9.59. The van der Waals surface area contributed by atoms with E-state index in [1.165, 1.54) is 11.8 Å². The molecular weight excluding hydrogens is 302 g/mol. The molecule has 1 nitrogen and oxygen atoms in total. The highest BCUT2D eigenvalue weighted by molar-refractivity contribution is 7.99. The predicted molar refractivity (Wildman–Crippen MR) is 77.8 cm³/mol. The van der Waals surface area contributed by atoms with Crippen molar-refractivity contribution in [1.29, 1.82) is 0 Å². The normalized spacial score (nSPS) is 17.9. The molecule has 0 unspecified atom stereocenters. The molecule has 1 aromatic carbocycles. The maximum absolute atomic E-state index is 13.7. The topological polar surface area (TPSA) is 3.24 Å². The van der Waals surface area contributed by atoms with Gasteiger partial charge in [0.15, 0.2) is 0 Å². The van der Waals surface area contributed by atoms with E-state index >= 15 is 0 Å². The molecule has 1 saturated heterocycles. The molecule has 0 spiro atoms. The zero-order valence-corrected chi connectivity index (χ0v) is 13.1. The molecule has 0 saturated carbocycles. The number of hydrogen-bond acceptors (Lipinski definition) is 2. The maximum Gasteiger partial charge on any atom is 0.416 e. The van der Waals surface area contributed by atoms with Crippen LogP contribution in [0.5, 0.6) is 0 Å². The number of alkyl halides is 3. The molecule has 1 fully saturated rings. The highest BCUT2D eigenvalue weighted by Crippen LogP contribution is 2.37. The highest BCUT2D eigenvalue weighted by Gasteiger charge is 2.37.